The lowest BCUT2D eigenvalue weighted by atomic mass is 10.0. The van der Waals surface area contributed by atoms with Gasteiger partial charge in [-0.05, 0) is 32.4 Å². The molecule has 0 radical (unpaired) electrons. The maximum Gasteiger partial charge on any atom is 0.236 e. The number of nitriles is 1. The fourth-order valence-electron chi connectivity index (χ4n) is 1.97. The summed E-state index contributed by atoms with van der Waals surface area (Å²) in [5.41, 5.74) is 0. The fourth-order valence-corrected chi connectivity index (χ4v) is 1.97. The van der Waals surface area contributed by atoms with Crippen LogP contribution in [0.25, 0.3) is 0 Å². The summed E-state index contributed by atoms with van der Waals surface area (Å²) in [5.74, 6) is 0.649. The van der Waals surface area contributed by atoms with E-state index in [9.17, 15) is 4.79 Å². The number of nitrogens with zero attached hydrogens (tertiary/aromatic N) is 3. The highest BCUT2D eigenvalue weighted by Crippen LogP contribution is 2.17. The Morgan fingerprint density at radius 1 is 1.67 bits per heavy atom. The molecule has 1 unspecified atom stereocenters. The van der Waals surface area contributed by atoms with Gasteiger partial charge in [0.15, 0.2) is 0 Å². The molecular formula is C11H19N3O. The van der Waals surface area contributed by atoms with E-state index in [-0.39, 0.29) is 12.3 Å². The summed E-state index contributed by atoms with van der Waals surface area (Å²) in [7, 11) is 3.91. The van der Waals surface area contributed by atoms with Gasteiger partial charge < -0.3 is 9.80 Å². The van der Waals surface area contributed by atoms with E-state index in [0.717, 1.165) is 19.5 Å². The zero-order valence-corrected chi connectivity index (χ0v) is 9.57. The van der Waals surface area contributed by atoms with Crippen molar-refractivity contribution in [3.8, 4) is 6.07 Å². The second-order valence-electron chi connectivity index (χ2n) is 4.36. The molecule has 1 saturated heterocycles. The minimum atomic E-state index is -0.0659. The summed E-state index contributed by atoms with van der Waals surface area (Å²) >= 11 is 0. The second-order valence-corrected chi connectivity index (χ2v) is 4.36. The molecule has 1 aliphatic heterocycles. The number of hydrogen-bond acceptors (Lipinski definition) is 3. The minimum absolute atomic E-state index is 0.00106. The Hall–Kier alpha value is -1.08. The van der Waals surface area contributed by atoms with Crippen LogP contribution in [0.15, 0.2) is 0 Å². The molecule has 0 N–H and O–H groups in total. The average molecular weight is 209 g/mol. The number of amides is 1. The summed E-state index contributed by atoms with van der Waals surface area (Å²) in [6.07, 6.45) is 2.29. The van der Waals surface area contributed by atoms with E-state index in [1.807, 2.05) is 6.07 Å². The largest absolute Gasteiger partial charge is 0.345 e. The van der Waals surface area contributed by atoms with Gasteiger partial charge in [0.1, 0.15) is 6.42 Å². The van der Waals surface area contributed by atoms with Gasteiger partial charge in [-0.1, -0.05) is 0 Å². The molecule has 4 nitrogen and oxygen atoms in total. The lowest BCUT2D eigenvalue weighted by Gasteiger charge is -2.18. The van der Waals surface area contributed by atoms with Gasteiger partial charge in [-0.25, -0.2) is 0 Å². The number of carbonyl (C=O) groups is 1. The molecular weight excluding hydrogens is 190 g/mol. The normalized spacial score (nSPS) is 21.3. The maximum atomic E-state index is 11.3. The Kier molecular flexibility index (Phi) is 4.57. The van der Waals surface area contributed by atoms with Crippen LogP contribution >= 0.6 is 0 Å². The predicted octanol–water partition coefficient (Wildman–Crippen LogP) is 0.700. The average Bonchev–Trinajstić information content (AvgIpc) is 2.61. The quantitative estimate of drug-likeness (QED) is 0.684. The third-order valence-electron chi connectivity index (χ3n) is 3.02. The van der Waals surface area contributed by atoms with E-state index in [2.05, 4.69) is 11.9 Å². The smallest absolute Gasteiger partial charge is 0.236 e. The van der Waals surface area contributed by atoms with Gasteiger partial charge in [0.05, 0.1) is 6.07 Å². The van der Waals surface area contributed by atoms with Crippen LogP contribution in [0.5, 0.6) is 0 Å². The third kappa shape index (κ3) is 3.88. The summed E-state index contributed by atoms with van der Waals surface area (Å²) in [4.78, 5) is 15.3. The summed E-state index contributed by atoms with van der Waals surface area (Å²) in [6, 6.07) is 1.88. The van der Waals surface area contributed by atoms with Crippen molar-refractivity contribution >= 4 is 5.91 Å². The molecule has 1 aliphatic rings. The minimum Gasteiger partial charge on any atom is -0.345 e. The molecule has 15 heavy (non-hydrogen) atoms. The van der Waals surface area contributed by atoms with Crippen LogP contribution in [-0.2, 0) is 4.79 Å². The van der Waals surface area contributed by atoms with E-state index < -0.39 is 0 Å². The summed E-state index contributed by atoms with van der Waals surface area (Å²) in [6.45, 7) is 3.08. The zero-order valence-electron chi connectivity index (χ0n) is 9.57. The van der Waals surface area contributed by atoms with Crippen LogP contribution in [0, 0.1) is 17.2 Å². The molecule has 1 fully saturated rings. The molecule has 0 aromatic heterocycles. The van der Waals surface area contributed by atoms with Crippen molar-refractivity contribution in [2.75, 3.05) is 33.7 Å². The highest BCUT2D eigenvalue weighted by molar-refractivity contribution is 5.77. The molecule has 0 aromatic rings. The van der Waals surface area contributed by atoms with Gasteiger partial charge in [0.25, 0.3) is 0 Å². The predicted molar refractivity (Wildman–Crippen MR) is 58.1 cm³/mol. The maximum absolute atomic E-state index is 11.3. The van der Waals surface area contributed by atoms with Crippen LogP contribution in [-0.4, -0.2) is 49.4 Å². The molecule has 4 heteroatoms. The third-order valence-corrected chi connectivity index (χ3v) is 3.02. The van der Waals surface area contributed by atoms with E-state index in [0.29, 0.717) is 5.92 Å². The van der Waals surface area contributed by atoms with Gasteiger partial charge >= 0.3 is 0 Å². The van der Waals surface area contributed by atoms with Crippen molar-refractivity contribution < 1.29 is 4.79 Å². The Balaban J connectivity index is 2.19. The van der Waals surface area contributed by atoms with E-state index in [4.69, 9.17) is 5.26 Å². The number of rotatable bonds is 4. The van der Waals surface area contributed by atoms with Crippen molar-refractivity contribution in [3.05, 3.63) is 0 Å². The fraction of sp³-hybridized carbons (Fsp3) is 0.818. The Morgan fingerprint density at radius 3 is 2.93 bits per heavy atom. The molecule has 0 aromatic carbocycles. The molecule has 0 bridgehead atoms. The van der Waals surface area contributed by atoms with Crippen LogP contribution in [0.1, 0.15) is 19.3 Å². The Bertz CT molecular complexity index is 259. The summed E-state index contributed by atoms with van der Waals surface area (Å²) < 4.78 is 0. The Labute approximate surface area is 91.5 Å². The van der Waals surface area contributed by atoms with Crippen molar-refractivity contribution in [1.82, 2.24) is 9.80 Å². The van der Waals surface area contributed by atoms with E-state index in [1.54, 1.807) is 11.9 Å². The number of carbonyl (C=O) groups excluding carboxylic acids is 1. The van der Waals surface area contributed by atoms with Crippen molar-refractivity contribution in [3.63, 3.8) is 0 Å². The monoisotopic (exact) mass is 209 g/mol. The molecule has 84 valence electrons. The van der Waals surface area contributed by atoms with Crippen LogP contribution in [0.4, 0.5) is 0 Å². The first-order valence-electron chi connectivity index (χ1n) is 5.43. The highest BCUT2D eigenvalue weighted by atomic mass is 16.2. The molecule has 1 heterocycles. The molecule has 0 spiro atoms. The molecule has 0 aliphatic carbocycles. The molecule has 1 atom stereocenters. The van der Waals surface area contributed by atoms with Gasteiger partial charge in [-0.3, -0.25) is 4.79 Å². The van der Waals surface area contributed by atoms with Gasteiger partial charge in [-0.15, -0.1) is 0 Å². The van der Waals surface area contributed by atoms with Gasteiger partial charge in [0.2, 0.25) is 5.91 Å². The summed E-state index contributed by atoms with van der Waals surface area (Å²) in [5, 5.41) is 8.40. The first-order chi connectivity index (χ1) is 7.13. The SMILES string of the molecule is CN1CCC(CCN(C)C(=O)CC#N)C1. The van der Waals surface area contributed by atoms with Crippen molar-refractivity contribution in [1.29, 1.82) is 5.26 Å². The van der Waals surface area contributed by atoms with Crippen LogP contribution in [0.3, 0.4) is 0 Å². The van der Waals surface area contributed by atoms with E-state index in [1.165, 1.54) is 13.0 Å². The van der Waals surface area contributed by atoms with Crippen molar-refractivity contribution in [2.45, 2.75) is 19.3 Å². The molecule has 1 rings (SSSR count). The Morgan fingerprint density at radius 2 is 2.40 bits per heavy atom. The lowest BCUT2D eigenvalue weighted by Crippen LogP contribution is -2.28. The first kappa shape index (κ1) is 12.0. The van der Waals surface area contributed by atoms with Crippen LogP contribution < -0.4 is 0 Å². The topological polar surface area (TPSA) is 47.3 Å². The standard InChI is InChI=1S/C11H19N3O/c1-13-7-4-10(9-13)5-8-14(2)11(15)3-6-12/h10H,3-5,7-9H2,1-2H3. The van der Waals surface area contributed by atoms with Gasteiger partial charge in [-0.2, -0.15) is 5.26 Å². The van der Waals surface area contributed by atoms with Crippen LogP contribution in [0.2, 0.25) is 0 Å². The molecule has 1 amide bonds. The second kappa shape index (κ2) is 5.72. The van der Waals surface area contributed by atoms with Gasteiger partial charge in [0, 0.05) is 20.1 Å². The molecule has 0 saturated carbocycles. The zero-order chi connectivity index (χ0) is 11.3. The highest BCUT2D eigenvalue weighted by Gasteiger charge is 2.20. The lowest BCUT2D eigenvalue weighted by molar-refractivity contribution is -0.128. The first-order valence-corrected chi connectivity index (χ1v) is 5.43. The van der Waals surface area contributed by atoms with Crippen molar-refractivity contribution in [2.24, 2.45) is 5.92 Å². The van der Waals surface area contributed by atoms with E-state index >= 15 is 0 Å². The number of hydrogen-bond donors (Lipinski definition) is 0. The number of likely N-dealkylation sites (tertiary alicyclic amines) is 1.